The molecule has 3 N–H and O–H groups in total. The van der Waals surface area contributed by atoms with Gasteiger partial charge in [0, 0.05) is 24.2 Å². The van der Waals surface area contributed by atoms with E-state index in [4.69, 9.17) is 5.73 Å². The van der Waals surface area contributed by atoms with Crippen molar-refractivity contribution in [2.45, 2.75) is 63.3 Å². The van der Waals surface area contributed by atoms with Gasteiger partial charge >= 0.3 is 0 Å². The summed E-state index contributed by atoms with van der Waals surface area (Å²) in [6.45, 7) is 5.33. The van der Waals surface area contributed by atoms with Crippen LogP contribution in [0.2, 0.25) is 0 Å². The molecule has 3 atom stereocenters. The van der Waals surface area contributed by atoms with Crippen molar-refractivity contribution in [3.63, 3.8) is 0 Å². The maximum absolute atomic E-state index is 9.88. The second-order valence-corrected chi connectivity index (χ2v) is 5.38. The molecule has 0 spiro atoms. The molecule has 0 aromatic carbocycles. The molecule has 2 aliphatic rings. The zero-order valence-corrected chi connectivity index (χ0v) is 9.24. The Morgan fingerprint density at radius 3 is 2.43 bits per heavy atom. The van der Waals surface area contributed by atoms with Crippen LogP contribution >= 0.6 is 0 Å². The van der Waals surface area contributed by atoms with Crippen molar-refractivity contribution in [2.75, 3.05) is 6.54 Å². The van der Waals surface area contributed by atoms with Crippen LogP contribution < -0.4 is 5.73 Å². The minimum absolute atomic E-state index is 0.0469. The average molecular weight is 198 g/mol. The van der Waals surface area contributed by atoms with E-state index in [9.17, 15) is 5.11 Å². The molecular weight excluding hydrogens is 176 g/mol. The van der Waals surface area contributed by atoms with Crippen LogP contribution in [0, 0.1) is 0 Å². The van der Waals surface area contributed by atoms with E-state index in [0.29, 0.717) is 12.1 Å². The number of aliphatic hydroxyl groups is 1. The summed E-state index contributed by atoms with van der Waals surface area (Å²) in [5.41, 5.74) is 5.88. The van der Waals surface area contributed by atoms with Crippen LogP contribution in [0.5, 0.6) is 0 Å². The van der Waals surface area contributed by atoms with Crippen LogP contribution in [0.3, 0.4) is 0 Å². The summed E-state index contributed by atoms with van der Waals surface area (Å²) in [5.74, 6) is 0. The zero-order valence-electron chi connectivity index (χ0n) is 9.24. The Labute approximate surface area is 86.3 Å². The van der Waals surface area contributed by atoms with E-state index in [1.807, 2.05) is 0 Å². The molecule has 2 rings (SSSR count). The summed E-state index contributed by atoms with van der Waals surface area (Å²) in [4.78, 5) is 2.46. The van der Waals surface area contributed by atoms with E-state index in [0.717, 1.165) is 25.8 Å². The molecule has 0 bridgehead atoms. The average Bonchev–Trinajstić information content (AvgIpc) is 2.60. The lowest BCUT2D eigenvalue weighted by Gasteiger charge is -2.38. The fraction of sp³-hybridized carbons (Fsp3) is 1.00. The first-order valence-corrected chi connectivity index (χ1v) is 5.72. The lowest BCUT2D eigenvalue weighted by molar-refractivity contribution is 0.0314. The molecule has 1 saturated carbocycles. The van der Waals surface area contributed by atoms with Crippen LogP contribution in [0.4, 0.5) is 0 Å². The predicted octanol–water partition coefficient (Wildman–Crippen LogP) is 0.711. The molecule has 1 saturated heterocycles. The van der Waals surface area contributed by atoms with Crippen molar-refractivity contribution in [3.05, 3.63) is 0 Å². The maximum atomic E-state index is 9.88. The topological polar surface area (TPSA) is 49.5 Å². The van der Waals surface area contributed by atoms with Crippen molar-refractivity contribution in [3.8, 4) is 0 Å². The second kappa shape index (κ2) is 3.47. The van der Waals surface area contributed by atoms with Gasteiger partial charge in [-0.05, 0) is 39.5 Å². The Kier molecular flexibility index (Phi) is 2.58. The van der Waals surface area contributed by atoms with E-state index in [1.54, 1.807) is 0 Å². The molecule has 3 heteroatoms. The van der Waals surface area contributed by atoms with Gasteiger partial charge in [-0.2, -0.15) is 0 Å². The normalized spacial score (nSPS) is 43.3. The molecule has 1 heterocycles. The summed E-state index contributed by atoms with van der Waals surface area (Å²) >= 11 is 0. The number of likely N-dealkylation sites (tertiary alicyclic amines) is 1. The van der Waals surface area contributed by atoms with E-state index >= 15 is 0 Å². The highest BCUT2D eigenvalue weighted by Crippen LogP contribution is 2.35. The van der Waals surface area contributed by atoms with Crippen molar-refractivity contribution in [1.29, 1.82) is 0 Å². The molecule has 0 amide bonds. The van der Waals surface area contributed by atoms with Crippen molar-refractivity contribution in [2.24, 2.45) is 5.73 Å². The minimum atomic E-state index is -0.167. The first kappa shape index (κ1) is 10.4. The quantitative estimate of drug-likeness (QED) is 0.652. The highest BCUT2D eigenvalue weighted by molar-refractivity contribution is 5.00. The van der Waals surface area contributed by atoms with Gasteiger partial charge < -0.3 is 10.8 Å². The predicted molar refractivity (Wildman–Crippen MR) is 57.0 cm³/mol. The maximum Gasteiger partial charge on any atom is 0.0730 e. The minimum Gasteiger partial charge on any atom is -0.391 e. The van der Waals surface area contributed by atoms with Gasteiger partial charge in [0.2, 0.25) is 0 Å². The molecule has 14 heavy (non-hydrogen) atoms. The number of nitrogens with two attached hydrogens (primary N) is 1. The number of aliphatic hydroxyl groups excluding tert-OH is 1. The molecule has 0 radical (unpaired) electrons. The molecule has 1 aliphatic carbocycles. The summed E-state index contributed by atoms with van der Waals surface area (Å²) in [6.07, 6.45) is 4.21. The van der Waals surface area contributed by atoms with Gasteiger partial charge in [0.05, 0.1) is 6.10 Å². The van der Waals surface area contributed by atoms with Gasteiger partial charge in [0.25, 0.3) is 0 Å². The Balaban J connectivity index is 2.05. The van der Waals surface area contributed by atoms with Gasteiger partial charge in [-0.15, -0.1) is 0 Å². The van der Waals surface area contributed by atoms with Crippen LogP contribution in [0.15, 0.2) is 0 Å². The van der Waals surface area contributed by atoms with Crippen LogP contribution in [0.1, 0.15) is 39.5 Å². The van der Waals surface area contributed by atoms with Crippen molar-refractivity contribution >= 4 is 0 Å². The molecule has 82 valence electrons. The van der Waals surface area contributed by atoms with Gasteiger partial charge in [-0.25, -0.2) is 0 Å². The van der Waals surface area contributed by atoms with Crippen LogP contribution in [-0.4, -0.2) is 40.3 Å². The monoisotopic (exact) mass is 198 g/mol. The fourth-order valence-electron chi connectivity index (χ4n) is 3.02. The summed E-state index contributed by atoms with van der Waals surface area (Å²) in [7, 11) is 0. The summed E-state index contributed by atoms with van der Waals surface area (Å²) in [6, 6.07) is 0.991. The van der Waals surface area contributed by atoms with E-state index in [-0.39, 0.29) is 11.6 Å². The third-order valence-electron chi connectivity index (χ3n) is 4.09. The van der Waals surface area contributed by atoms with Gasteiger partial charge in [-0.3, -0.25) is 4.90 Å². The second-order valence-electron chi connectivity index (χ2n) is 5.38. The SMILES string of the molecule is CC1(C)C(O)CCN1C1CCC(N)C1. The van der Waals surface area contributed by atoms with E-state index in [2.05, 4.69) is 18.7 Å². The number of rotatable bonds is 1. The Morgan fingerprint density at radius 2 is 2.00 bits per heavy atom. The molecule has 3 nitrogen and oxygen atoms in total. The number of nitrogens with zero attached hydrogens (tertiary/aromatic N) is 1. The van der Waals surface area contributed by atoms with Gasteiger partial charge in [-0.1, -0.05) is 0 Å². The van der Waals surface area contributed by atoms with Crippen molar-refractivity contribution < 1.29 is 5.11 Å². The molecular formula is C11H22N2O. The Hall–Kier alpha value is -0.120. The van der Waals surface area contributed by atoms with Crippen LogP contribution in [0.25, 0.3) is 0 Å². The van der Waals surface area contributed by atoms with E-state index in [1.165, 1.54) is 6.42 Å². The molecule has 0 aromatic rings. The highest BCUT2D eigenvalue weighted by Gasteiger charge is 2.44. The third-order valence-corrected chi connectivity index (χ3v) is 4.09. The van der Waals surface area contributed by atoms with E-state index < -0.39 is 0 Å². The highest BCUT2D eigenvalue weighted by atomic mass is 16.3. The fourth-order valence-corrected chi connectivity index (χ4v) is 3.02. The first-order valence-electron chi connectivity index (χ1n) is 5.72. The lowest BCUT2D eigenvalue weighted by atomic mass is 9.97. The zero-order chi connectivity index (χ0) is 10.3. The molecule has 2 fully saturated rings. The smallest absolute Gasteiger partial charge is 0.0730 e. The summed E-state index contributed by atoms with van der Waals surface area (Å²) in [5, 5.41) is 9.88. The largest absolute Gasteiger partial charge is 0.391 e. The number of hydrogen-bond donors (Lipinski definition) is 2. The molecule has 1 aliphatic heterocycles. The number of hydrogen-bond acceptors (Lipinski definition) is 3. The van der Waals surface area contributed by atoms with Gasteiger partial charge in [0.1, 0.15) is 0 Å². The van der Waals surface area contributed by atoms with Crippen LogP contribution in [-0.2, 0) is 0 Å². The Bertz CT molecular complexity index is 217. The summed E-state index contributed by atoms with van der Waals surface area (Å²) < 4.78 is 0. The third kappa shape index (κ3) is 1.58. The van der Waals surface area contributed by atoms with Gasteiger partial charge in [0.15, 0.2) is 0 Å². The molecule has 3 unspecified atom stereocenters. The molecule has 0 aromatic heterocycles. The Morgan fingerprint density at radius 1 is 1.29 bits per heavy atom. The standard InChI is InChI=1S/C11H22N2O/c1-11(2)10(14)5-6-13(11)9-4-3-8(12)7-9/h8-10,14H,3-7,12H2,1-2H3. The first-order chi connectivity index (χ1) is 6.51. The lowest BCUT2D eigenvalue weighted by Crippen LogP contribution is -2.49. The van der Waals surface area contributed by atoms with Crippen molar-refractivity contribution in [1.82, 2.24) is 4.90 Å².